The van der Waals surface area contributed by atoms with E-state index in [9.17, 15) is 0 Å². The summed E-state index contributed by atoms with van der Waals surface area (Å²) in [6.07, 6.45) is 3.95. The molecule has 3 heteroatoms. The third-order valence-corrected chi connectivity index (χ3v) is 10.4. The highest BCUT2D eigenvalue weighted by Gasteiger charge is 2.19. The second-order valence-electron chi connectivity index (χ2n) is 12.3. The molecule has 0 saturated heterocycles. The smallest absolute Gasteiger partial charge is 0.0373 e. The first-order valence-electron chi connectivity index (χ1n) is 16.0. The Kier molecular flexibility index (Phi) is 6.48. The van der Waals surface area contributed by atoms with Crippen LogP contribution in [0.5, 0.6) is 0 Å². The minimum atomic E-state index is 1.02. The van der Waals surface area contributed by atoms with Crippen molar-refractivity contribution in [2.24, 2.45) is 0 Å². The van der Waals surface area contributed by atoms with Gasteiger partial charge in [-0.1, -0.05) is 91.0 Å². The number of pyridine rings is 2. The van der Waals surface area contributed by atoms with Gasteiger partial charge >= 0.3 is 0 Å². The Morgan fingerprint density at radius 2 is 0.872 bits per heavy atom. The third kappa shape index (κ3) is 4.70. The third-order valence-electron chi connectivity index (χ3n) is 9.31. The zero-order valence-electron chi connectivity index (χ0n) is 26.2. The summed E-state index contributed by atoms with van der Waals surface area (Å²) in [5, 5.41) is 7.63. The minimum Gasteiger partial charge on any atom is -0.261 e. The van der Waals surface area contributed by atoms with Crippen LogP contribution in [0.4, 0.5) is 0 Å². The van der Waals surface area contributed by atoms with Gasteiger partial charge in [0.25, 0.3) is 0 Å². The van der Waals surface area contributed by atoms with Gasteiger partial charge in [-0.05, 0) is 111 Å². The number of thiophene rings is 1. The Hall–Kier alpha value is -5.64. The molecule has 222 valence electrons. The fourth-order valence-electron chi connectivity index (χ4n) is 7.00. The maximum absolute atomic E-state index is 4.59. The number of nitrogens with zero attached hydrogens (tertiary/aromatic N) is 2. The van der Waals surface area contributed by atoms with Gasteiger partial charge in [0.15, 0.2) is 0 Å². The highest BCUT2D eigenvalue weighted by Crippen LogP contribution is 2.47. The molecule has 6 aromatic carbocycles. The van der Waals surface area contributed by atoms with Gasteiger partial charge in [0.2, 0.25) is 0 Å². The van der Waals surface area contributed by atoms with Gasteiger partial charge in [0.05, 0.1) is 0 Å². The van der Waals surface area contributed by atoms with Crippen molar-refractivity contribution < 1.29 is 0 Å². The molecule has 0 radical (unpaired) electrons. The number of fused-ring (bicyclic) bond motifs is 5. The molecule has 0 atom stereocenters. The molecule has 0 amide bonds. The highest BCUT2D eigenvalue weighted by molar-refractivity contribution is 7.25. The summed E-state index contributed by atoms with van der Waals surface area (Å²) in [5.74, 6) is 0. The van der Waals surface area contributed by atoms with Crippen LogP contribution >= 0.6 is 11.3 Å². The summed E-state index contributed by atoms with van der Waals surface area (Å²) in [5.41, 5.74) is 11.5. The Morgan fingerprint density at radius 1 is 0.362 bits per heavy atom. The fourth-order valence-corrected chi connectivity index (χ4v) is 8.13. The molecule has 0 N–H and O–H groups in total. The second-order valence-corrected chi connectivity index (χ2v) is 13.4. The monoisotopic (exact) mass is 618 g/mol. The number of aromatic nitrogens is 2. The van der Waals surface area contributed by atoms with E-state index in [0.717, 1.165) is 28.1 Å². The van der Waals surface area contributed by atoms with Gasteiger partial charge in [-0.25, -0.2) is 0 Å². The van der Waals surface area contributed by atoms with Gasteiger partial charge in [-0.15, -0.1) is 11.3 Å². The summed E-state index contributed by atoms with van der Waals surface area (Å²) >= 11 is 1.87. The summed E-state index contributed by atoms with van der Waals surface area (Å²) in [6.45, 7) is 4.06. The van der Waals surface area contributed by atoms with Crippen molar-refractivity contribution in [3.63, 3.8) is 0 Å². The van der Waals surface area contributed by atoms with Gasteiger partial charge in [0, 0.05) is 55.1 Å². The summed E-state index contributed by atoms with van der Waals surface area (Å²) in [4.78, 5) is 9.18. The molecule has 3 aromatic heterocycles. The van der Waals surface area contributed by atoms with Crippen molar-refractivity contribution >= 4 is 53.1 Å². The van der Waals surface area contributed by atoms with Crippen molar-refractivity contribution in [2.75, 3.05) is 0 Å². The van der Waals surface area contributed by atoms with E-state index in [-0.39, 0.29) is 0 Å². The first-order valence-corrected chi connectivity index (χ1v) is 16.8. The Labute approximate surface area is 277 Å². The molecule has 0 fully saturated rings. The largest absolute Gasteiger partial charge is 0.261 e. The Bertz CT molecular complexity index is 2630. The van der Waals surface area contributed by atoms with Gasteiger partial charge < -0.3 is 0 Å². The number of hydrogen-bond acceptors (Lipinski definition) is 3. The zero-order valence-corrected chi connectivity index (χ0v) is 27.0. The average molecular weight is 619 g/mol. The first-order chi connectivity index (χ1) is 23.1. The molecule has 0 spiro atoms. The molecule has 9 rings (SSSR count). The average Bonchev–Trinajstić information content (AvgIpc) is 3.48. The van der Waals surface area contributed by atoms with E-state index in [1.807, 2.05) is 37.6 Å². The van der Waals surface area contributed by atoms with Crippen LogP contribution in [0.2, 0.25) is 0 Å². The van der Waals surface area contributed by atoms with E-state index in [1.165, 1.54) is 69.5 Å². The first kappa shape index (κ1) is 27.7. The van der Waals surface area contributed by atoms with E-state index >= 15 is 0 Å². The quantitative estimate of drug-likeness (QED) is 0.183. The maximum Gasteiger partial charge on any atom is 0.0373 e. The normalized spacial score (nSPS) is 11.6. The summed E-state index contributed by atoms with van der Waals surface area (Å²) in [6, 6.07) is 49.0. The molecule has 0 unspecified atom stereocenters. The molecule has 47 heavy (non-hydrogen) atoms. The molecule has 0 aliphatic heterocycles. The highest BCUT2D eigenvalue weighted by atomic mass is 32.1. The van der Waals surface area contributed by atoms with Gasteiger partial charge in [0.1, 0.15) is 0 Å². The van der Waals surface area contributed by atoms with Crippen LogP contribution in [0.1, 0.15) is 11.4 Å². The van der Waals surface area contributed by atoms with Crippen LogP contribution in [0.15, 0.2) is 146 Å². The molecule has 9 aromatic rings. The lowest BCUT2D eigenvalue weighted by Crippen LogP contribution is -1.92. The van der Waals surface area contributed by atoms with Crippen LogP contribution in [0, 0.1) is 13.8 Å². The Balaban J connectivity index is 1.38. The van der Waals surface area contributed by atoms with Crippen molar-refractivity contribution in [3.8, 4) is 44.5 Å². The number of rotatable bonds is 4. The SMILES string of the molecule is Cc1ccc(-c2cccc(-c3c4ccccc4c(-c4cccc(-c5ccc(C)nc5)c4)c4cc5c(cc34)sc3ccccc35)c2)cn1. The molecule has 0 saturated carbocycles. The summed E-state index contributed by atoms with van der Waals surface area (Å²) < 4.78 is 2.62. The molecule has 0 bridgehead atoms. The predicted octanol–water partition coefficient (Wildman–Crippen LogP) is 12.4. The number of hydrogen-bond donors (Lipinski definition) is 0. The molecule has 2 nitrogen and oxygen atoms in total. The van der Waals surface area contributed by atoms with Crippen LogP contribution in [0.3, 0.4) is 0 Å². The standard InChI is InChI=1S/C44H30N2S/c1-27-17-19-33(25-45-27)29-9-7-11-31(21-29)43-36-14-3-4-15-37(36)44(32-12-8-10-30(22-32)34-20-18-28(2)46-26-34)40-24-42-38(23-39(40)43)35-13-5-6-16-41(35)47-42/h3-26H,1-2H3. The van der Waals surface area contributed by atoms with Gasteiger partial charge in [-0.3, -0.25) is 9.97 Å². The van der Waals surface area contributed by atoms with Crippen LogP contribution < -0.4 is 0 Å². The van der Waals surface area contributed by atoms with Crippen molar-refractivity contribution in [1.29, 1.82) is 0 Å². The number of aryl methyl sites for hydroxylation is 2. The van der Waals surface area contributed by atoms with E-state index in [2.05, 4.69) is 143 Å². The maximum atomic E-state index is 4.59. The summed E-state index contributed by atoms with van der Waals surface area (Å²) in [7, 11) is 0. The lowest BCUT2D eigenvalue weighted by molar-refractivity contribution is 1.20. The Morgan fingerprint density at radius 3 is 1.43 bits per heavy atom. The molecular formula is C44H30N2S. The zero-order chi connectivity index (χ0) is 31.5. The fraction of sp³-hybridized carbons (Fsp3) is 0.0455. The number of benzene rings is 6. The lowest BCUT2D eigenvalue weighted by Gasteiger charge is -2.19. The topological polar surface area (TPSA) is 25.8 Å². The molecule has 3 heterocycles. The van der Waals surface area contributed by atoms with E-state index in [1.54, 1.807) is 0 Å². The van der Waals surface area contributed by atoms with Crippen LogP contribution in [-0.2, 0) is 0 Å². The van der Waals surface area contributed by atoms with Crippen molar-refractivity contribution in [3.05, 3.63) is 157 Å². The van der Waals surface area contributed by atoms with Crippen molar-refractivity contribution in [1.82, 2.24) is 9.97 Å². The second kappa shape index (κ2) is 11.0. The minimum absolute atomic E-state index is 1.02. The molecular weight excluding hydrogens is 589 g/mol. The van der Waals surface area contributed by atoms with E-state index < -0.39 is 0 Å². The van der Waals surface area contributed by atoms with Crippen LogP contribution in [-0.4, -0.2) is 9.97 Å². The van der Waals surface area contributed by atoms with Gasteiger partial charge in [-0.2, -0.15) is 0 Å². The molecule has 0 aliphatic rings. The van der Waals surface area contributed by atoms with Crippen LogP contribution in [0.25, 0.3) is 86.2 Å². The van der Waals surface area contributed by atoms with Crippen molar-refractivity contribution in [2.45, 2.75) is 13.8 Å². The van der Waals surface area contributed by atoms with E-state index in [4.69, 9.17) is 0 Å². The lowest BCUT2D eigenvalue weighted by atomic mass is 9.84. The van der Waals surface area contributed by atoms with E-state index in [0.29, 0.717) is 0 Å². The molecule has 0 aliphatic carbocycles. The predicted molar refractivity (Wildman–Crippen MR) is 201 cm³/mol.